The first-order valence-corrected chi connectivity index (χ1v) is 6.86. The van der Waals surface area contributed by atoms with Gasteiger partial charge in [0, 0.05) is 6.04 Å². The van der Waals surface area contributed by atoms with E-state index in [0.29, 0.717) is 0 Å². The van der Waals surface area contributed by atoms with Crippen molar-refractivity contribution in [2.75, 3.05) is 12.3 Å². The number of hydrogen-bond donors (Lipinski definition) is 1. The normalized spacial score (nSPS) is 21.0. The van der Waals surface area contributed by atoms with E-state index >= 15 is 0 Å². The maximum absolute atomic E-state index is 5.40. The van der Waals surface area contributed by atoms with Gasteiger partial charge in [-0.05, 0) is 50.1 Å². The Morgan fingerprint density at radius 1 is 1.60 bits per heavy atom. The average Bonchev–Trinajstić information content (AvgIpc) is 2.85. The van der Waals surface area contributed by atoms with Crippen molar-refractivity contribution < 1.29 is 4.42 Å². The number of aryl methyl sites for hydroxylation is 1. The lowest BCUT2D eigenvalue weighted by molar-refractivity contribution is 0.527. The summed E-state index contributed by atoms with van der Waals surface area (Å²) < 4.78 is 5.40. The lowest BCUT2D eigenvalue weighted by Gasteiger charge is -2.08. The van der Waals surface area contributed by atoms with E-state index < -0.39 is 0 Å². The molecular weight excluding hydrogens is 206 g/mol. The van der Waals surface area contributed by atoms with Gasteiger partial charge >= 0.3 is 0 Å². The Balaban J connectivity index is 1.60. The molecule has 2 nitrogen and oxygen atoms in total. The van der Waals surface area contributed by atoms with E-state index in [1.54, 1.807) is 6.26 Å². The molecule has 15 heavy (non-hydrogen) atoms. The van der Waals surface area contributed by atoms with Crippen LogP contribution in [0.1, 0.15) is 30.6 Å². The van der Waals surface area contributed by atoms with Gasteiger partial charge in [0.1, 0.15) is 5.76 Å². The predicted molar refractivity (Wildman–Crippen MR) is 65.2 cm³/mol. The molecule has 0 spiro atoms. The number of rotatable bonds is 5. The van der Waals surface area contributed by atoms with Crippen LogP contribution in [0.3, 0.4) is 0 Å². The Labute approximate surface area is 95.8 Å². The van der Waals surface area contributed by atoms with Gasteiger partial charge in [0.2, 0.25) is 0 Å². The molecule has 2 heterocycles. The molecule has 1 fully saturated rings. The first-order chi connectivity index (χ1) is 7.36. The number of nitrogens with one attached hydrogen (secondary N) is 1. The summed E-state index contributed by atoms with van der Waals surface area (Å²) in [5, 5.41) is 3.52. The zero-order chi connectivity index (χ0) is 10.5. The van der Waals surface area contributed by atoms with Gasteiger partial charge in [-0.25, -0.2) is 0 Å². The number of thioether (sulfide) groups is 1. The average molecular weight is 225 g/mol. The van der Waals surface area contributed by atoms with E-state index in [-0.39, 0.29) is 0 Å². The lowest BCUT2D eigenvalue weighted by Crippen LogP contribution is -2.21. The maximum Gasteiger partial charge on any atom is 0.116 e. The predicted octanol–water partition coefficient (Wildman–Crippen LogP) is 2.96. The summed E-state index contributed by atoms with van der Waals surface area (Å²) >= 11 is 1.98. The fourth-order valence-corrected chi connectivity index (χ4v) is 3.02. The molecule has 1 aliphatic heterocycles. The lowest BCUT2D eigenvalue weighted by atomic mass is 10.2. The standard InChI is InChI=1S/C12H19NOS/c1-10-4-7-14-12(10)9-15-8-5-11-3-2-6-13-11/h4,7,11,13H,2-3,5-6,8-9H2,1H3. The molecule has 1 aromatic rings. The maximum atomic E-state index is 5.40. The molecule has 0 bridgehead atoms. The number of furan rings is 1. The van der Waals surface area contributed by atoms with Gasteiger partial charge in [0.05, 0.1) is 12.0 Å². The van der Waals surface area contributed by atoms with Gasteiger partial charge < -0.3 is 9.73 Å². The van der Waals surface area contributed by atoms with Gasteiger partial charge in [-0.15, -0.1) is 0 Å². The van der Waals surface area contributed by atoms with E-state index in [9.17, 15) is 0 Å². The molecule has 84 valence electrons. The molecule has 1 saturated heterocycles. The number of hydrogen-bond acceptors (Lipinski definition) is 3. The molecule has 1 aliphatic rings. The van der Waals surface area contributed by atoms with E-state index in [2.05, 4.69) is 12.2 Å². The van der Waals surface area contributed by atoms with Crippen LogP contribution < -0.4 is 5.32 Å². The molecule has 1 aromatic heterocycles. The van der Waals surface area contributed by atoms with Crippen LogP contribution in [-0.2, 0) is 5.75 Å². The zero-order valence-corrected chi connectivity index (χ0v) is 10.1. The van der Waals surface area contributed by atoms with Crippen LogP contribution in [0.15, 0.2) is 16.7 Å². The third-order valence-electron chi connectivity index (χ3n) is 2.97. The van der Waals surface area contributed by atoms with Gasteiger partial charge in [-0.1, -0.05) is 0 Å². The van der Waals surface area contributed by atoms with Gasteiger partial charge in [-0.2, -0.15) is 11.8 Å². The van der Waals surface area contributed by atoms with Crippen molar-refractivity contribution in [2.24, 2.45) is 0 Å². The summed E-state index contributed by atoms with van der Waals surface area (Å²) in [6.07, 6.45) is 5.79. The van der Waals surface area contributed by atoms with Crippen LogP contribution in [0, 0.1) is 6.92 Å². The topological polar surface area (TPSA) is 25.2 Å². The Morgan fingerprint density at radius 2 is 2.53 bits per heavy atom. The molecule has 0 saturated carbocycles. The summed E-state index contributed by atoms with van der Waals surface area (Å²) in [6.45, 7) is 3.32. The fraction of sp³-hybridized carbons (Fsp3) is 0.667. The van der Waals surface area contributed by atoms with Crippen LogP contribution in [-0.4, -0.2) is 18.3 Å². The van der Waals surface area contributed by atoms with E-state index in [0.717, 1.165) is 17.6 Å². The van der Waals surface area contributed by atoms with E-state index in [4.69, 9.17) is 4.42 Å². The van der Waals surface area contributed by atoms with E-state index in [1.807, 2.05) is 17.8 Å². The second kappa shape index (κ2) is 5.61. The minimum atomic E-state index is 0.773. The zero-order valence-electron chi connectivity index (χ0n) is 9.29. The first-order valence-electron chi connectivity index (χ1n) is 5.70. The SMILES string of the molecule is Cc1ccoc1CSCCC1CCCN1. The van der Waals surface area contributed by atoms with Crippen molar-refractivity contribution in [1.82, 2.24) is 5.32 Å². The monoisotopic (exact) mass is 225 g/mol. The van der Waals surface area contributed by atoms with Crippen molar-refractivity contribution in [2.45, 2.75) is 38.0 Å². The summed E-state index contributed by atoms with van der Waals surface area (Å²) in [6, 6.07) is 2.81. The highest BCUT2D eigenvalue weighted by molar-refractivity contribution is 7.98. The molecule has 0 aromatic carbocycles. The molecule has 1 atom stereocenters. The quantitative estimate of drug-likeness (QED) is 0.780. The van der Waals surface area contributed by atoms with Crippen molar-refractivity contribution in [3.8, 4) is 0 Å². The van der Waals surface area contributed by atoms with Gasteiger partial charge in [-0.3, -0.25) is 0 Å². The first kappa shape index (κ1) is 11.1. The van der Waals surface area contributed by atoms with Crippen LogP contribution in [0.4, 0.5) is 0 Å². The molecular formula is C12H19NOS. The highest BCUT2D eigenvalue weighted by Crippen LogP contribution is 2.19. The summed E-state index contributed by atoms with van der Waals surface area (Å²) in [5.41, 5.74) is 1.28. The van der Waals surface area contributed by atoms with Crippen molar-refractivity contribution >= 4 is 11.8 Å². The largest absolute Gasteiger partial charge is 0.468 e. The molecule has 1 unspecified atom stereocenters. The second-order valence-electron chi connectivity index (χ2n) is 4.16. The molecule has 0 radical (unpaired) electrons. The third-order valence-corrected chi connectivity index (χ3v) is 3.97. The van der Waals surface area contributed by atoms with Crippen LogP contribution in [0.25, 0.3) is 0 Å². The fourth-order valence-electron chi connectivity index (χ4n) is 1.95. The molecule has 1 N–H and O–H groups in total. The van der Waals surface area contributed by atoms with Crippen molar-refractivity contribution in [3.63, 3.8) is 0 Å². The minimum Gasteiger partial charge on any atom is -0.468 e. The van der Waals surface area contributed by atoms with Crippen LogP contribution in [0.2, 0.25) is 0 Å². The summed E-state index contributed by atoms with van der Waals surface area (Å²) in [4.78, 5) is 0. The van der Waals surface area contributed by atoms with Crippen LogP contribution >= 0.6 is 11.8 Å². The Kier molecular flexibility index (Phi) is 4.15. The molecule has 3 heteroatoms. The van der Waals surface area contributed by atoms with E-state index in [1.165, 1.54) is 37.1 Å². The molecule has 0 aliphatic carbocycles. The second-order valence-corrected chi connectivity index (χ2v) is 5.27. The van der Waals surface area contributed by atoms with Crippen LogP contribution in [0.5, 0.6) is 0 Å². The minimum absolute atomic E-state index is 0.773. The Bertz CT molecular complexity index is 292. The Morgan fingerprint density at radius 3 is 3.20 bits per heavy atom. The molecule has 0 amide bonds. The van der Waals surface area contributed by atoms with Gasteiger partial charge in [0.25, 0.3) is 0 Å². The Hall–Kier alpha value is -0.410. The highest BCUT2D eigenvalue weighted by Gasteiger charge is 2.13. The third kappa shape index (κ3) is 3.28. The van der Waals surface area contributed by atoms with Crippen molar-refractivity contribution in [3.05, 3.63) is 23.7 Å². The summed E-state index contributed by atoms with van der Waals surface area (Å²) in [7, 11) is 0. The van der Waals surface area contributed by atoms with Gasteiger partial charge in [0.15, 0.2) is 0 Å². The van der Waals surface area contributed by atoms with Crippen molar-refractivity contribution in [1.29, 1.82) is 0 Å². The smallest absolute Gasteiger partial charge is 0.116 e. The molecule has 2 rings (SSSR count). The highest BCUT2D eigenvalue weighted by atomic mass is 32.2. The summed E-state index contributed by atoms with van der Waals surface area (Å²) in [5.74, 6) is 3.39.